The zero-order chi connectivity index (χ0) is 13.7. The molecule has 2 aromatic rings. The molecule has 0 amide bonds. The van der Waals surface area contributed by atoms with Crippen LogP contribution in [0.1, 0.15) is 36.6 Å². The van der Waals surface area contributed by atoms with Gasteiger partial charge in [0, 0.05) is 41.6 Å². The maximum absolute atomic E-state index is 4.51. The van der Waals surface area contributed by atoms with Crippen LogP contribution in [0.4, 0.5) is 5.13 Å². The molecule has 0 spiro atoms. The van der Waals surface area contributed by atoms with Crippen LogP contribution in [0.15, 0.2) is 23.7 Å². The molecule has 19 heavy (non-hydrogen) atoms. The maximum atomic E-state index is 4.51. The van der Waals surface area contributed by atoms with Gasteiger partial charge in [-0.25, -0.2) is 4.98 Å². The Labute approximate surface area is 123 Å². The lowest BCUT2D eigenvalue weighted by Crippen LogP contribution is -2.21. The monoisotopic (exact) mass is 295 g/mol. The van der Waals surface area contributed by atoms with Crippen molar-refractivity contribution in [2.75, 3.05) is 18.0 Å². The van der Waals surface area contributed by atoms with E-state index in [1.165, 1.54) is 9.75 Å². The first-order valence-electron chi connectivity index (χ1n) is 6.71. The molecule has 0 saturated carbocycles. The highest BCUT2D eigenvalue weighted by molar-refractivity contribution is 7.15. The van der Waals surface area contributed by atoms with Gasteiger partial charge in [-0.15, -0.1) is 22.7 Å². The fourth-order valence-electron chi connectivity index (χ4n) is 1.91. The number of aromatic nitrogens is 1. The van der Waals surface area contributed by atoms with Gasteiger partial charge in [-0.1, -0.05) is 6.07 Å². The van der Waals surface area contributed by atoms with Crippen molar-refractivity contribution in [2.45, 2.75) is 33.4 Å². The predicted octanol–water partition coefficient (Wildman–Crippen LogP) is 3.90. The molecule has 0 aromatic carbocycles. The van der Waals surface area contributed by atoms with Gasteiger partial charge in [0.25, 0.3) is 0 Å². The van der Waals surface area contributed by atoms with E-state index in [1.807, 2.05) is 6.20 Å². The number of anilines is 1. The number of nitrogens with zero attached hydrogens (tertiary/aromatic N) is 2. The Morgan fingerprint density at radius 1 is 1.37 bits per heavy atom. The summed E-state index contributed by atoms with van der Waals surface area (Å²) in [5.41, 5.74) is 0. The molecular formula is C14H21N3S2. The molecule has 0 aliphatic heterocycles. The third-order valence-electron chi connectivity index (χ3n) is 3.13. The fraction of sp³-hybridized carbons (Fsp3) is 0.500. The van der Waals surface area contributed by atoms with E-state index in [0.29, 0.717) is 6.04 Å². The van der Waals surface area contributed by atoms with Crippen molar-refractivity contribution < 1.29 is 0 Å². The zero-order valence-electron chi connectivity index (χ0n) is 11.7. The summed E-state index contributed by atoms with van der Waals surface area (Å²) < 4.78 is 0. The first-order chi connectivity index (χ1) is 9.24. The molecule has 104 valence electrons. The van der Waals surface area contributed by atoms with Crippen molar-refractivity contribution >= 4 is 27.8 Å². The van der Waals surface area contributed by atoms with Gasteiger partial charge in [0.15, 0.2) is 5.13 Å². The van der Waals surface area contributed by atoms with Crippen molar-refractivity contribution in [3.8, 4) is 0 Å². The number of hydrogen-bond donors (Lipinski definition) is 1. The van der Waals surface area contributed by atoms with Crippen molar-refractivity contribution in [1.82, 2.24) is 10.3 Å². The number of nitrogens with one attached hydrogen (secondary N) is 1. The lowest BCUT2D eigenvalue weighted by atomic mass is 10.3. The molecule has 0 bridgehead atoms. The van der Waals surface area contributed by atoms with Crippen LogP contribution in [0.25, 0.3) is 0 Å². The lowest BCUT2D eigenvalue weighted by Gasteiger charge is -2.16. The second-order valence-corrected chi connectivity index (χ2v) is 6.47. The number of thiazole rings is 1. The Morgan fingerprint density at radius 2 is 2.16 bits per heavy atom. The molecule has 1 N–H and O–H groups in total. The molecule has 5 heteroatoms. The fourth-order valence-corrected chi connectivity index (χ4v) is 3.66. The Hall–Kier alpha value is -0.910. The van der Waals surface area contributed by atoms with Crippen LogP contribution in [0.3, 0.4) is 0 Å². The quantitative estimate of drug-likeness (QED) is 0.839. The SMILES string of the molecule is CCN(CC)c1ncc(CNC(C)c2cccs2)s1. The highest BCUT2D eigenvalue weighted by atomic mass is 32.1. The van der Waals surface area contributed by atoms with Gasteiger partial charge in [-0.3, -0.25) is 0 Å². The van der Waals surface area contributed by atoms with Gasteiger partial charge in [0.2, 0.25) is 0 Å². The van der Waals surface area contributed by atoms with Crippen molar-refractivity contribution in [3.05, 3.63) is 33.5 Å². The van der Waals surface area contributed by atoms with Crippen molar-refractivity contribution in [3.63, 3.8) is 0 Å². The Kier molecular flexibility index (Phi) is 5.36. The largest absolute Gasteiger partial charge is 0.349 e. The van der Waals surface area contributed by atoms with E-state index in [1.54, 1.807) is 22.7 Å². The maximum Gasteiger partial charge on any atom is 0.185 e. The molecule has 2 rings (SSSR count). The summed E-state index contributed by atoms with van der Waals surface area (Å²) in [4.78, 5) is 9.47. The van der Waals surface area contributed by atoms with Crippen LogP contribution in [0, 0.1) is 0 Å². The van der Waals surface area contributed by atoms with E-state index < -0.39 is 0 Å². The van der Waals surface area contributed by atoms with Gasteiger partial charge < -0.3 is 10.2 Å². The molecule has 2 aromatic heterocycles. The lowest BCUT2D eigenvalue weighted by molar-refractivity contribution is 0.587. The molecule has 0 radical (unpaired) electrons. The van der Waals surface area contributed by atoms with E-state index in [4.69, 9.17) is 0 Å². The highest BCUT2D eigenvalue weighted by Gasteiger charge is 2.09. The average molecular weight is 295 g/mol. The van der Waals surface area contributed by atoms with Crippen LogP contribution >= 0.6 is 22.7 Å². The second-order valence-electron chi connectivity index (χ2n) is 4.40. The normalized spacial score (nSPS) is 12.6. The first kappa shape index (κ1) is 14.5. The molecule has 0 aliphatic carbocycles. The second kappa shape index (κ2) is 7.03. The molecule has 0 saturated heterocycles. The highest BCUT2D eigenvalue weighted by Crippen LogP contribution is 2.23. The summed E-state index contributed by atoms with van der Waals surface area (Å²) in [7, 11) is 0. The van der Waals surface area contributed by atoms with Gasteiger partial charge >= 0.3 is 0 Å². The van der Waals surface area contributed by atoms with Crippen LogP contribution < -0.4 is 10.2 Å². The van der Waals surface area contributed by atoms with E-state index in [2.05, 4.69) is 53.5 Å². The summed E-state index contributed by atoms with van der Waals surface area (Å²) in [5.74, 6) is 0. The minimum absolute atomic E-state index is 0.402. The van der Waals surface area contributed by atoms with E-state index in [9.17, 15) is 0 Å². The smallest absolute Gasteiger partial charge is 0.185 e. The number of rotatable bonds is 7. The zero-order valence-corrected chi connectivity index (χ0v) is 13.4. The third-order valence-corrected chi connectivity index (χ3v) is 5.24. The van der Waals surface area contributed by atoms with Gasteiger partial charge in [-0.05, 0) is 32.2 Å². The average Bonchev–Trinajstić information content (AvgIpc) is 3.09. The van der Waals surface area contributed by atoms with Crippen LogP contribution in [-0.4, -0.2) is 18.1 Å². The molecule has 2 heterocycles. The summed E-state index contributed by atoms with van der Waals surface area (Å²) >= 11 is 3.59. The topological polar surface area (TPSA) is 28.2 Å². The Morgan fingerprint density at radius 3 is 2.79 bits per heavy atom. The predicted molar refractivity (Wildman–Crippen MR) is 85.2 cm³/mol. The van der Waals surface area contributed by atoms with Crippen LogP contribution in [0.5, 0.6) is 0 Å². The molecule has 0 aliphatic rings. The number of hydrogen-bond acceptors (Lipinski definition) is 5. The third kappa shape index (κ3) is 3.78. The number of thiophene rings is 1. The van der Waals surface area contributed by atoms with Gasteiger partial charge in [-0.2, -0.15) is 0 Å². The van der Waals surface area contributed by atoms with Crippen molar-refractivity contribution in [2.24, 2.45) is 0 Å². The molecule has 3 nitrogen and oxygen atoms in total. The van der Waals surface area contributed by atoms with E-state index in [-0.39, 0.29) is 0 Å². The Balaban J connectivity index is 1.90. The molecular weight excluding hydrogens is 274 g/mol. The van der Waals surface area contributed by atoms with Crippen LogP contribution in [-0.2, 0) is 6.54 Å². The van der Waals surface area contributed by atoms with Crippen LogP contribution in [0.2, 0.25) is 0 Å². The molecule has 1 atom stereocenters. The standard InChI is InChI=1S/C14H21N3S2/c1-4-17(5-2)14-16-10-12(19-14)9-15-11(3)13-7-6-8-18-13/h6-8,10-11,15H,4-5,9H2,1-3H3. The molecule has 0 fully saturated rings. The first-order valence-corrected chi connectivity index (χ1v) is 8.40. The minimum atomic E-state index is 0.402. The van der Waals surface area contributed by atoms with E-state index >= 15 is 0 Å². The van der Waals surface area contributed by atoms with Gasteiger partial charge in [0.1, 0.15) is 0 Å². The summed E-state index contributed by atoms with van der Waals surface area (Å²) in [6.07, 6.45) is 1.99. The van der Waals surface area contributed by atoms with E-state index in [0.717, 1.165) is 24.8 Å². The summed E-state index contributed by atoms with van der Waals surface area (Å²) in [6.45, 7) is 9.46. The summed E-state index contributed by atoms with van der Waals surface area (Å²) in [6, 6.07) is 4.68. The van der Waals surface area contributed by atoms with Crippen molar-refractivity contribution in [1.29, 1.82) is 0 Å². The minimum Gasteiger partial charge on any atom is -0.349 e. The Bertz CT molecular complexity index is 475. The van der Waals surface area contributed by atoms with Gasteiger partial charge in [0.05, 0.1) is 0 Å². The summed E-state index contributed by atoms with van der Waals surface area (Å²) in [5, 5.41) is 6.81. The molecule has 1 unspecified atom stereocenters.